The van der Waals surface area contributed by atoms with E-state index in [1.807, 2.05) is 31.2 Å². The summed E-state index contributed by atoms with van der Waals surface area (Å²) < 4.78 is 15.1. The molecule has 132 valence electrons. The van der Waals surface area contributed by atoms with Crippen molar-refractivity contribution in [3.8, 4) is 5.69 Å². The van der Waals surface area contributed by atoms with Gasteiger partial charge in [-0.05, 0) is 55.2 Å². The molecule has 0 bridgehead atoms. The summed E-state index contributed by atoms with van der Waals surface area (Å²) in [5, 5.41) is 8.00. The summed E-state index contributed by atoms with van der Waals surface area (Å²) >= 11 is 0. The second-order valence-electron chi connectivity index (χ2n) is 6.94. The number of hydrogen-bond acceptors (Lipinski definition) is 3. The average molecular weight is 349 g/mol. The summed E-state index contributed by atoms with van der Waals surface area (Å²) in [6.07, 6.45) is 1.28. The summed E-state index contributed by atoms with van der Waals surface area (Å²) in [5.74, 6) is 0.633. The van der Waals surface area contributed by atoms with Gasteiger partial charge in [-0.1, -0.05) is 25.1 Å². The van der Waals surface area contributed by atoms with Crippen molar-refractivity contribution in [2.45, 2.75) is 26.7 Å². The third-order valence-electron chi connectivity index (χ3n) is 4.80. The van der Waals surface area contributed by atoms with Crippen LogP contribution >= 0.6 is 0 Å². The number of carbonyl (C=O) groups excluding carboxylic acids is 1. The Morgan fingerprint density at radius 2 is 1.85 bits per heavy atom. The molecule has 5 heteroatoms. The molecule has 1 aliphatic rings. The number of fused-ring (bicyclic) bond motifs is 1. The molecule has 4 nitrogen and oxygen atoms in total. The number of ketones is 1. The van der Waals surface area contributed by atoms with E-state index in [2.05, 4.69) is 17.3 Å². The Balaban J connectivity index is 1.84. The number of anilines is 2. The quantitative estimate of drug-likeness (QED) is 0.737. The molecule has 1 heterocycles. The third-order valence-corrected chi connectivity index (χ3v) is 4.80. The van der Waals surface area contributed by atoms with Gasteiger partial charge in [-0.15, -0.1) is 5.10 Å². The minimum Gasteiger partial charge on any atom is -0.338 e. The highest BCUT2D eigenvalue weighted by Crippen LogP contribution is 2.34. The van der Waals surface area contributed by atoms with Crippen molar-refractivity contribution in [3.05, 3.63) is 71.2 Å². The van der Waals surface area contributed by atoms with Crippen molar-refractivity contribution >= 4 is 17.3 Å². The van der Waals surface area contributed by atoms with Crippen LogP contribution in [0.5, 0.6) is 0 Å². The molecule has 0 amide bonds. The number of rotatable bonds is 3. The predicted octanol–water partition coefficient (Wildman–Crippen LogP) is 4.83. The summed E-state index contributed by atoms with van der Waals surface area (Å²) in [5.41, 5.74) is 4.29. The van der Waals surface area contributed by atoms with E-state index in [1.54, 1.807) is 16.8 Å². The number of hydrogen-bond donors (Lipinski definition) is 1. The van der Waals surface area contributed by atoms with Crippen LogP contribution in [0.3, 0.4) is 0 Å². The molecule has 0 radical (unpaired) electrons. The van der Waals surface area contributed by atoms with Crippen LogP contribution in [-0.2, 0) is 6.42 Å². The number of nitrogens with zero attached hydrogens (tertiary/aromatic N) is 2. The molecule has 4 rings (SSSR count). The molecular formula is C21H20FN3O. The molecule has 0 aliphatic heterocycles. The molecule has 3 aromatic rings. The molecule has 0 spiro atoms. The van der Waals surface area contributed by atoms with Crippen molar-refractivity contribution in [1.29, 1.82) is 0 Å². The smallest absolute Gasteiger partial charge is 0.168 e. The lowest BCUT2D eigenvalue weighted by molar-refractivity contribution is 0.0953. The van der Waals surface area contributed by atoms with E-state index < -0.39 is 0 Å². The highest BCUT2D eigenvalue weighted by Gasteiger charge is 2.31. The van der Waals surface area contributed by atoms with Crippen molar-refractivity contribution in [2.75, 3.05) is 5.32 Å². The minimum absolute atomic E-state index is 0.100. The van der Waals surface area contributed by atoms with Crippen LogP contribution in [0.25, 0.3) is 5.69 Å². The molecule has 1 aliphatic carbocycles. The molecule has 0 saturated carbocycles. The fourth-order valence-electron chi connectivity index (χ4n) is 3.48. The van der Waals surface area contributed by atoms with Crippen LogP contribution in [0.15, 0.2) is 48.5 Å². The Kier molecular flexibility index (Phi) is 4.07. The first kappa shape index (κ1) is 16.5. The SMILES string of the molecule is Cc1ccccc1Nc1nn(-c2ccc(F)cc2)c2c1C(=O)C[C@H](C)C2. The fourth-order valence-corrected chi connectivity index (χ4v) is 3.48. The van der Waals surface area contributed by atoms with Gasteiger partial charge in [0, 0.05) is 12.1 Å². The summed E-state index contributed by atoms with van der Waals surface area (Å²) in [6, 6.07) is 14.1. The molecule has 0 saturated heterocycles. The van der Waals surface area contributed by atoms with Gasteiger partial charge < -0.3 is 5.32 Å². The minimum atomic E-state index is -0.294. The molecule has 1 atom stereocenters. The summed E-state index contributed by atoms with van der Waals surface area (Å²) in [4.78, 5) is 12.7. The van der Waals surface area contributed by atoms with Crippen molar-refractivity contribution < 1.29 is 9.18 Å². The lowest BCUT2D eigenvalue weighted by Crippen LogP contribution is -2.19. The Labute approximate surface area is 151 Å². The molecule has 26 heavy (non-hydrogen) atoms. The Morgan fingerprint density at radius 3 is 2.58 bits per heavy atom. The monoisotopic (exact) mass is 349 g/mol. The van der Waals surface area contributed by atoms with Crippen LogP contribution in [0.2, 0.25) is 0 Å². The molecular weight excluding hydrogens is 329 g/mol. The Bertz CT molecular complexity index is 975. The van der Waals surface area contributed by atoms with Gasteiger partial charge in [-0.3, -0.25) is 4.79 Å². The molecule has 0 fully saturated rings. The van der Waals surface area contributed by atoms with Gasteiger partial charge >= 0.3 is 0 Å². The van der Waals surface area contributed by atoms with E-state index in [0.29, 0.717) is 17.8 Å². The van der Waals surface area contributed by atoms with Gasteiger partial charge in [0.1, 0.15) is 5.82 Å². The van der Waals surface area contributed by atoms with E-state index in [-0.39, 0.29) is 17.5 Å². The number of benzene rings is 2. The first-order chi connectivity index (χ1) is 12.5. The number of para-hydroxylation sites is 1. The topological polar surface area (TPSA) is 46.9 Å². The van der Waals surface area contributed by atoms with Crippen LogP contribution in [0, 0.1) is 18.7 Å². The zero-order valence-electron chi connectivity index (χ0n) is 14.8. The normalized spacial score (nSPS) is 16.4. The highest BCUT2D eigenvalue weighted by atomic mass is 19.1. The van der Waals surface area contributed by atoms with Gasteiger partial charge in [-0.25, -0.2) is 9.07 Å². The lowest BCUT2D eigenvalue weighted by atomic mass is 9.87. The number of halogens is 1. The Morgan fingerprint density at radius 1 is 1.12 bits per heavy atom. The average Bonchev–Trinajstić information content (AvgIpc) is 2.96. The van der Waals surface area contributed by atoms with E-state index in [9.17, 15) is 9.18 Å². The van der Waals surface area contributed by atoms with Crippen molar-refractivity contribution in [1.82, 2.24) is 9.78 Å². The van der Waals surface area contributed by atoms with Crippen molar-refractivity contribution in [2.24, 2.45) is 5.92 Å². The standard InChI is InChI=1S/C21H20FN3O/c1-13-11-18-20(19(26)12-13)21(23-17-6-4-3-5-14(17)2)24-25(18)16-9-7-15(22)8-10-16/h3-10,13H,11-12H2,1-2H3,(H,23,24)/t13-/m1/s1. The number of aromatic nitrogens is 2. The number of Topliss-reactive ketones (excluding diaryl/α,β-unsaturated/α-hetero) is 1. The van der Waals surface area contributed by atoms with Gasteiger partial charge in [0.25, 0.3) is 0 Å². The van der Waals surface area contributed by atoms with E-state index in [0.717, 1.165) is 29.1 Å². The van der Waals surface area contributed by atoms with Gasteiger partial charge in [-0.2, -0.15) is 0 Å². The second-order valence-corrected chi connectivity index (χ2v) is 6.94. The largest absolute Gasteiger partial charge is 0.338 e. The van der Waals surface area contributed by atoms with Crippen LogP contribution in [0.1, 0.15) is 35.0 Å². The number of aryl methyl sites for hydroxylation is 1. The van der Waals surface area contributed by atoms with Crippen LogP contribution in [-0.4, -0.2) is 15.6 Å². The maximum atomic E-state index is 13.3. The van der Waals surface area contributed by atoms with Gasteiger partial charge in [0.15, 0.2) is 11.6 Å². The summed E-state index contributed by atoms with van der Waals surface area (Å²) in [6.45, 7) is 4.08. The van der Waals surface area contributed by atoms with Crippen LogP contribution in [0.4, 0.5) is 15.9 Å². The van der Waals surface area contributed by atoms with E-state index in [4.69, 9.17) is 0 Å². The van der Waals surface area contributed by atoms with Gasteiger partial charge in [0.05, 0.1) is 16.9 Å². The van der Waals surface area contributed by atoms with Gasteiger partial charge in [0.2, 0.25) is 0 Å². The lowest BCUT2D eigenvalue weighted by Gasteiger charge is -2.19. The molecule has 1 N–H and O–H groups in total. The van der Waals surface area contributed by atoms with Crippen LogP contribution < -0.4 is 5.32 Å². The maximum Gasteiger partial charge on any atom is 0.168 e. The second kappa shape index (κ2) is 6.41. The highest BCUT2D eigenvalue weighted by molar-refractivity contribution is 6.03. The third kappa shape index (κ3) is 2.90. The molecule has 1 aromatic heterocycles. The van der Waals surface area contributed by atoms with E-state index >= 15 is 0 Å². The van der Waals surface area contributed by atoms with Crippen molar-refractivity contribution in [3.63, 3.8) is 0 Å². The predicted molar refractivity (Wildman–Crippen MR) is 99.8 cm³/mol. The zero-order chi connectivity index (χ0) is 18.3. The fraction of sp³-hybridized carbons (Fsp3) is 0.238. The Hall–Kier alpha value is -2.95. The number of carbonyl (C=O) groups is 1. The molecule has 0 unspecified atom stereocenters. The summed E-state index contributed by atoms with van der Waals surface area (Å²) in [7, 11) is 0. The maximum absolute atomic E-state index is 13.3. The van der Waals surface area contributed by atoms with E-state index in [1.165, 1.54) is 12.1 Å². The molecule has 2 aromatic carbocycles. The number of nitrogens with one attached hydrogen (secondary N) is 1. The zero-order valence-corrected chi connectivity index (χ0v) is 14.8. The first-order valence-corrected chi connectivity index (χ1v) is 8.76. The first-order valence-electron chi connectivity index (χ1n) is 8.76.